The number of nitrogens with zero attached hydrogens (tertiary/aromatic N) is 5. The number of hydrogen-bond acceptors (Lipinski definition) is 6. The molecule has 0 aliphatic heterocycles. The number of amides is 1. The Balaban J connectivity index is 1.51. The quantitative estimate of drug-likeness (QED) is 0.365. The summed E-state index contributed by atoms with van der Waals surface area (Å²) in [5, 5.41) is 13.6. The zero-order valence-electron chi connectivity index (χ0n) is 16.8. The van der Waals surface area contributed by atoms with E-state index >= 15 is 0 Å². The number of carbonyl (C=O) groups excluding carboxylic acids is 1. The third kappa shape index (κ3) is 3.87. The minimum absolute atomic E-state index is 0.121. The molecule has 0 spiro atoms. The lowest BCUT2D eigenvalue weighted by Gasteiger charge is -2.21. The summed E-state index contributed by atoms with van der Waals surface area (Å²) in [6.07, 6.45) is 1.77. The van der Waals surface area contributed by atoms with Crippen molar-refractivity contribution < 1.29 is 4.79 Å². The highest BCUT2D eigenvalue weighted by atomic mass is 32.1. The molecule has 4 heterocycles. The lowest BCUT2D eigenvalue weighted by atomic mass is 10.1. The van der Waals surface area contributed by atoms with Crippen LogP contribution in [0, 0.1) is 6.92 Å². The molecule has 0 N–H and O–H groups in total. The van der Waals surface area contributed by atoms with Crippen molar-refractivity contribution in [2.24, 2.45) is 0 Å². The Morgan fingerprint density at radius 2 is 1.71 bits per heavy atom. The van der Waals surface area contributed by atoms with Crippen LogP contribution in [0.2, 0.25) is 0 Å². The van der Waals surface area contributed by atoms with Gasteiger partial charge in [0.25, 0.3) is 5.91 Å². The van der Waals surface area contributed by atoms with E-state index < -0.39 is 0 Å². The standard InChI is InChI=1S/C23H19N5OS2/c1-16-22(25-26-28(16)21-10-2-9-20-19(21)8-3-11-24-20)23(29)27(14-17-6-4-12-30-17)15-18-7-5-13-31-18/h2-13H,14-15H2,1H3. The Morgan fingerprint density at radius 1 is 0.968 bits per heavy atom. The number of fused-ring (bicyclic) bond motifs is 1. The van der Waals surface area contributed by atoms with Crippen molar-refractivity contribution in [3.8, 4) is 5.69 Å². The lowest BCUT2D eigenvalue weighted by Crippen LogP contribution is -2.30. The van der Waals surface area contributed by atoms with Crippen LogP contribution in [0.25, 0.3) is 16.6 Å². The summed E-state index contributed by atoms with van der Waals surface area (Å²) in [6.45, 7) is 2.97. The number of carbonyl (C=O) groups is 1. The largest absolute Gasteiger partial charge is 0.327 e. The molecule has 0 bridgehead atoms. The second-order valence-corrected chi connectivity index (χ2v) is 9.17. The molecule has 0 saturated heterocycles. The molecule has 0 unspecified atom stereocenters. The summed E-state index contributed by atoms with van der Waals surface area (Å²) in [7, 11) is 0. The number of pyridine rings is 1. The molecule has 5 aromatic rings. The van der Waals surface area contributed by atoms with Crippen LogP contribution < -0.4 is 0 Å². The Kier molecular flexibility index (Phi) is 5.31. The first-order valence-electron chi connectivity index (χ1n) is 9.81. The third-order valence-electron chi connectivity index (χ3n) is 5.09. The monoisotopic (exact) mass is 445 g/mol. The normalized spacial score (nSPS) is 11.1. The Labute approximate surface area is 187 Å². The number of aromatic nitrogens is 4. The first-order chi connectivity index (χ1) is 15.2. The number of rotatable bonds is 6. The number of hydrogen-bond donors (Lipinski definition) is 0. The summed E-state index contributed by atoms with van der Waals surface area (Å²) in [6, 6.07) is 17.9. The number of thiophene rings is 2. The fourth-order valence-electron chi connectivity index (χ4n) is 3.56. The predicted molar refractivity (Wildman–Crippen MR) is 124 cm³/mol. The Morgan fingerprint density at radius 3 is 2.39 bits per heavy atom. The van der Waals surface area contributed by atoms with Crippen molar-refractivity contribution in [2.75, 3.05) is 0 Å². The van der Waals surface area contributed by atoms with Gasteiger partial charge in [0.15, 0.2) is 5.69 Å². The van der Waals surface area contributed by atoms with Crippen LogP contribution in [0.4, 0.5) is 0 Å². The van der Waals surface area contributed by atoms with E-state index in [0.717, 1.165) is 26.3 Å². The van der Waals surface area contributed by atoms with Crippen molar-refractivity contribution in [3.63, 3.8) is 0 Å². The van der Waals surface area contributed by atoms with Crippen LogP contribution in [0.1, 0.15) is 25.9 Å². The van der Waals surface area contributed by atoms with Gasteiger partial charge in [-0.15, -0.1) is 27.8 Å². The first kappa shape index (κ1) is 19.6. The van der Waals surface area contributed by atoms with Gasteiger partial charge >= 0.3 is 0 Å². The van der Waals surface area contributed by atoms with Gasteiger partial charge in [-0.25, -0.2) is 4.68 Å². The molecule has 0 atom stereocenters. The van der Waals surface area contributed by atoms with Crippen molar-refractivity contribution in [3.05, 3.63) is 92.7 Å². The zero-order chi connectivity index (χ0) is 21.2. The summed E-state index contributed by atoms with van der Waals surface area (Å²) in [4.78, 5) is 22.1. The zero-order valence-corrected chi connectivity index (χ0v) is 18.4. The molecule has 8 heteroatoms. The molecule has 5 rings (SSSR count). The molecule has 1 amide bonds. The lowest BCUT2D eigenvalue weighted by molar-refractivity contribution is 0.0726. The van der Waals surface area contributed by atoms with Gasteiger partial charge in [0.1, 0.15) is 0 Å². The summed E-state index contributed by atoms with van der Waals surface area (Å²) in [5.41, 5.74) is 2.82. The second-order valence-electron chi connectivity index (χ2n) is 7.10. The van der Waals surface area contributed by atoms with Gasteiger partial charge < -0.3 is 4.90 Å². The van der Waals surface area contributed by atoms with E-state index in [4.69, 9.17) is 0 Å². The average Bonchev–Trinajstić information content (AvgIpc) is 3.56. The van der Waals surface area contributed by atoms with Crippen molar-refractivity contribution in [1.82, 2.24) is 24.9 Å². The molecule has 0 aliphatic carbocycles. The van der Waals surface area contributed by atoms with Gasteiger partial charge in [0.2, 0.25) is 0 Å². The van der Waals surface area contributed by atoms with Gasteiger partial charge in [-0.05, 0) is 54.1 Å². The smallest absolute Gasteiger partial charge is 0.276 e. The maximum absolute atomic E-state index is 13.5. The third-order valence-corrected chi connectivity index (χ3v) is 6.81. The Hall–Kier alpha value is -3.36. The van der Waals surface area contributed by atoms with E-state index in [1.165, 1.54) is 0 Å². The van der Waals surface area contributed by atoms with Gasteiger partial charge in [-0.2, -0.15) is 0 Å². The second kappa shape index (κ2) is 8.41. The molecule has 0 aliphatic rings. The molecule has 6 nitrogen and oxygen atoms in total. The Bertz CT molecular complexity index is 1280. The molecule has 154 valence electrons. The van der Waals surface area contributed by atoms with E-state index in [2.05, 4.69) is 15.3 Å². The van der Waals surface area contributed by atoms with Gasteiger partial charge in [-0.3, -0.25) is 9.78 Å². The molecule has 0 saturated carbocycles. The molecular formula is C23H19N5OS2. The van der Waals surface area contributed by atoms with E-state index in [-0.39, 0.29) is 5.91 Å². The average molecular weight is 446 g/mol. The summed E-state index contributed by atoms with van der Waals surface area (Å²) in [5.74, 6) is -0.121. The van der Waals surface area contributed by atoms with Crippen LogP contribution >= 0.6 is 22.7 Å². The molecule has 0 radical (unpaired) electrons. The van der Waals surface area contributed by atoms with E-state index in [1.807, 2.05) is 77.2 Å². The van der Waals surface area contributed by atoms with Crippen LogP contribution in [-0.4, -0.2) is 30.8 Å². The molecule has 0 fully saturated rings. The van der Waals surface area contributed by atoms with E-state index in [9.17, 15) is 4.79 Å². The van der Waals surface area contributed by atoms with E-state index in [1.54, 1.807) is 33.6 Å². The molecule has 31 heavy (non-hydrogen) atoms. The molecule has 4 aromatic heterocycles. The minimum atomic E-state index is -0.121. The topological polar surface area (TPSA) is 63.9 Å². The van der Waals surface area contributed by atoms with Gasteiger partial charge in [0, 0.05) is 21.3 Å². The van der Waals surface area contributed by atoms with Crippen LogP contribution in [-0.2, 0) is 13.1 Å². The van der Waals surface area contributed by atoms with Crippen molar-refractivity contribution in [1.29, 1.82) is 0 Å². The SMILES string of the molecule is Cc1c(C(=O)N(Cc2cccs2)Cc2cccs2)nnn1-c1cccc2ncccc12. The molecular weight excluding hydrogens is 426 g/mol. The van der Waals surface area contributed by atoms with Gasteiger partial charge in [-0.1, -0.05) is 23.4 Å². The predicted octanol–water partition coefficient (Wildman–Crippen LogP) is 5.09. The fourth-order valence-corrected chi connectivity index (χ4v) is 5.00. The van der Waals surface area contributed by atoms with Crippen LogP contribution in [0.3, 0.4) is 0 Å². The maximum Gasteiger partial charge on any atom is 0.276 e. The van der Waals surface area contributed by atoms with Crippen LogP contribution in [0.5, 0.6) is 0 Å². The van der Waals surface area contributed by atoms with E-state index in [0.29, 0.717) is 24.5 Å². The highest BCUT2D eigenvalue weighted by Gasteiger charge is 2.24. The molecule has 1 aromatic carbocycles. The fraction of sp³-hybridized carbons (Fsp3) is 0.130. The van der Waals surface area contributed by atoms with Crippen molar-refractivity contribution >= 4 is 39.5 Å². The maximum atomic E-state index is 13.5. The number of benzene rings is 1. The summed E-state index contributed by atoms with van der Waals surface area (Å²) >= 11 is 3.29. The highest BCUT2D eigenvalue weighted by Crippen LogP contribution is 2.24. The first-order valence-corrected chi connectivity index (χ1v) is 11.6. The minimum Gasteiger partial charge on any atom is -0.327 e. The van der Waals surface area contributed by atoms with Crippen LogP contribution in [0.15, 0.2) is 71.6 Å². The summed E-state index contributed by atoms with van der Waals surface area (Å²) < 4.78 is 1.73. The van der Waals surface area contributed by atoms with Crippen molar-refractivity contribution in [2.45, 2.75) is 20.0 Å². The highest BCUT2D eigenvalue weighted by molar-refractivity contribution is 7.10. The van der Waals surface area contributed by atoms with Gasteiger partial charge in [0.05, 0.1) is 30.0 Å².